The average Bonchev–Trinajstić information content (AvgIpc) is 2.63. The highest BCUT2D eigenvalue weighted by atomic mass is 32.4. The highest BCUT2D eigenvalue weighted by molar-refractivity contribution is 8.28. The summed E-state index contributed by atoms with van der Waals surface area (Å²) >= 11 is 5.99. The standard InChI is InChI=1S/C19H19N2O2PS/c1-3-23-19(22)18-20-21(16-10-6-4-7-11-16)15(2)14-24(18,25)17-12-8-5-9-13-17/h4-14H,3H2,1-2H3. The van der Waals surface area contributed by atoms with Crippen molar-refractivity contribution in [1.82, 2.24) is 0 Å². The third-order valence-electron chi connectivity index (χ3n) is 3.81. The number of para-hydroxylation sites is 1. The Labute approximate surface area is 152 Å². The quantitative estimate of drug-likeness (QED) is 0.602. The lowest BCUT2D eigenvalue weighted by molar-refractivity contribution is -0.134. The predicted molar refractivity (Wildman–Crippen MR) is 107 cm³/mol. The second kappa shape index (κ2) is 7.34. The molecule has 1 heterocycles. The minimum Gasteiger partial charge on any atom is -0.461 e. The summed E-state index contributed by atoms with van der Waals surface area (Å²) in [6.45, 7) is 4.03. The van der Waals surface area contributed by atoms with Crippen LogP contribution in [-0.2, 0) is 21.3 Å². The molecule has 0 bridgehead atoms. The fourth-order valence-corrected chi connectivity index (χ4v) is 6.15. The smallest absolute Gasteiger partial charge is 0.360 e. The SMILES string of the molecule is CCOC(=O)C1=NN(c2ccccc2)C(C)=CP1(=S)c1ccccc1. The highest BCUT2D eigenvalue weighted by Crippen LogP contribution is 2.52. The summed E-state index contributed by atoms with van der Waals surface area (Å²) in [6.07, 6.45) is 0. The monoisotopic (exact) mass is 370 g/mol. The van der Waals surface area contributed by atoms with Crippen LogP contribution in [0.2, 0.25) is 0 Å². The molecular formula is C19H19N2O2PS. The highest BCUT2D eigenvalue weighted by Gasteiger charge is 2.36. The summed E-state index contributed by atoms with van der Waals surface area (Å²) in [5, 5.41) is 7.32. The maximum atomic E-state index is 12.6. The van der Waals surface area contributed by atoms with Gasteiger partial charge in [-0.25, -0.2) is 9.80 Å². The van der Waals surface area contributed by atoms with Crippen LogP contribution in [0.3, 0.4) is 0 Å². The van der Waals surface area contributed by atoms with Gasteiger partial charge in [-0.05, 0) is 37.1 Å². The largest absolute Gasteiger partial charge is 0.461 e. The Hall–Kier alpha value is -2.23. The zero-order valence-electron chi connectivity index (χ0n) is 14.1. The Kier molecular flexibility index (Phi) is 5.16. The molecule has 2 aromatic rings. The normalized spacial score (nSPS) is 19.8. The van der Waals surface area contributed by atoms with Crippen molar-refractivity contribution in [1.29, 1.82) is 0 Å². The number of esters is 1. The van der Waals surface area contributed by atoms with Crippen molar-refractivity contribution < 1.29 is 9.53 Å². The zero-order chi connectivity index (χ0) is 17.9. The van der Waals surface area contributed by atoms with E-state index in [-0.39, 0.29) is 6.61 Å². The first-order chi connectivity index (χ1) is 12.1. The number of carbonyl (C=O) groups is 1. The Morgan fingerprint density at radius 3 is 2.32 bits per heavy atom. The summed E-state index contributed by atoms with van der Waals surface area (Å²) in [6, 6.07) is 16.9. The van der Waals surface area contributed by atoms with E-state index in [1.807, 2.05) is 73.4 Å². The average molecular weight is 370 g/mol. The van der Waals surface area contributed by atoms with Crippen molar-refractivity contribution in [3.8, 4) is 0 Å². The van der Waals surface area contributed by atoms with Gasteiger partial charge in [-0.1, -0.05) is 60.3 Å². The molecule has 6 heteroatoms. The van der Waals surface area contributed by atoms with Gasteiger partial charge >= 0.3 is 5.97 Å². The second-order valence-corrected chi connectivity index (χ2v) is 9.80. The maximum absolute atomic E-state index is 12.6. The number of hydrogen-bond acceptors (Lipinski definition) is 5. The maximum Gasteiger partial charge on any atom is 0.360 e. The summed E-state index contributed by atoms with van der Waals surface area (Å²) < 4.78 is 5.25. The molecule has 0 fully saturated rings. The minimum absolute atomic E-state index is 0.288. The van der Waals surface area contributed by atoms with Crippen LogP contribution in [0.5, 0.6) is 0 Å². The number of anilines is 1. The van der Waals surface area contributed by atoms with E-state index >= 15 is 0 Å². The van der Waals surface area contributed by atoms with Crippen molar-refractivity contribution in [2.24, 2.45) is 5.10 Å². The van der Waals surface area contributed by atoms with Crippen LogP contribution in [0, 0.1) is 0 Å². The van der Waals surface area contributed by atoms with Gasteiger partial charge in [0.15, 0.2) is 5.45 Å². The van der Waals surface area contributed by atoms with E-state index in [1.54, 1.807) is 11.9 Å². The topological polar surface area (TPSA) is 41.9 Å². The third kappa shape index (κ3) is 3.44. The molecule has 0 amide bonds. The molecule has 0 N–H and O–H groups in total. The van der Waals surface area contributed by atoms with Crippen LogP contribution in [0.4, 0.5) is 5.69 Å². The minimum atomic E-state index is -2.47. The number of benzene rings is 2. The van der Waals surface area contributed by atoms with Gasteiger partial charge in [-0.2, -0.15) is 5.10 Å². The molecule has 1 atom stereocenters. The van der Waals surface area contributed by atoms with E-state index in [0.717, 1.165) is 16.7 Å². The van der Waals surface area contributed by atoms with Gasteiger partial charge in [0, 0.05) is 5.70 Å². The molecule has 1 aliphatic rings. The summed E-state index contributed by atoms with van der Waals surface area (Å²) in [7, 11) is 0. The van der Waals surface area contributed by atoms with E-state index in [2.05, 4.69) is 5.10 Å². The van der Waals surface area contributed by atoms with Gasteiger partial charge in [0.05, 0.1) is 18.3 Å². The van der Waals surface area contributed by atoms with E-state index in [9.17, 15) is 4.79 Å². The van der Waals surface area contributed by atoms with Gasteiger partial charge in [0.2, 0.25) is 0 Å². The first-order valence-corrected chi connectivity index (χ1v) is 10.9. The molecule has 0 aliphatic carbocycles. The van der Waals surface area contributed by atoms with Gasteiger partial charge < -0.3 is 4.74 Å². The van der Waals surface area contributed by atoms with Gasteiger partial charge in [0.1, 0.15) is 0 Å². The number of hydrogen-bond donors (Lipinski definition) is 0. The molecule has 0 aromatic heterocycles. The first-order valence-electron chi connectivity index (χ1n) is 8.02. The van der Waals surface area contributed by atoms with Crippen molar-refractivity contribution in [2.75, 3.05) is 11.6 Å². The summed E-state index contributed by atoms with van der Waals surface area (Å²) in [5.41, 5.74) is 2.10. The molecule has 0 saturated heterocycles. The number of nitrogens with zero attached hydrogens (tertiary/aromatic N) is 2. The molecule has 1 unspecified atom stereocenters. The molecule has 0 saturated carbocycles. The lowest BCUT2D eigenvalue weighted by atomic mass is 10.3. The fraction of sp³-hybridized carbons (Fsp3) is 0.158. The van der Waals surface area contributed by atoms with E-state index in [0.29, 0.717) is 5.45 Å². The molecule has 4 nitrogen and oxygen atoms in total. The number of ether oxygens (including phenoxy) is 1. The molecule has 0 radical (unpaired) electrons. The lowest BCUT2D eigenvalue weighted by Gasteiger charge is -2.31. The molecule has 1 aliphatic heterocycles. The number of hydrazone groups is 1. The summed E-state index contributed by atoms with van der Waals surface area (Å²) in [5.74, 6) is 1.56. The van der Waals surface area contributed by atoms with Gasteiger partial charge in [-0.15, -0.1) is 0 Å². The number of rotatable bonds is 4. The van der Waals surface area contributed by atoms with Crippen molar-refractivity contribution in [2.45, 2.75) is 13.8 Å². The predicted octanol–water partition coefficient (Wildman–Crippen LogP) is 4.05. The molecule has 2 aromatic carbocycles. The fourth-order valence-electron chi connectivity index (χ4n) is 2.67. The summed E-state index contributed by atoms with van der Waals surface area (Å²) in [4.78, 5) is 12.6. The Morgan fingerprint density at radius 2 is 1.72 bits per heavy atom. The number of allylic oxidation sites excluding steroid dienone is 1. The van der Waals surface area contributed by atoms with Crippen LogP contribution in [0.15, 0.2) is 77.3 Å². The Balaban J connectivity index is 2.14. The lowest BCUT2D eigenvalue weighted by Crippen LogP contribution is -2.30. The van der Waals surface area contributed by atoms with Crippen molar-refractivity contribution >= 4 is 40.3 Å². The van der Waals surface area contributed by atoms with Gasteiger partial charge in [0.25, 0.3) is 0 Å². The Morgan fingerprint density at radius 1 is 1.12 bits per heavy atom. The van der Waals surface area contributed by atoms with E-state index in [4.69, 9.17) is 16.5 Å². The molecule has 25 heavy (non-hydrogen) atoms. The van der Waals surface area contributed by atoms with Crippen LogP contribution in [-0.4, -0.2) is 18.0 Å². The van der Waals surface area contributed by atoms with Crippen LogP contribution >= 0.6 is 6.04 Å². The molecule has 0 spiro atoms. The van der Waals surface area contributed by atoms with Crippen molar-refractivity contribution in [3.63, 3.8) is 0 Å². The Bertz CT molecular complexity index is 879. The third-order valence-corrected chi connectivity index (χ3v) is 7.98. The van der Waals surface area contributed by atoms with E-state index in [1.165, 1.54) is 0 Å². The van der Waals surface area contributed by atoms with Crippen molar-refractivity contribution in [3.05, 3.63) is 72.2 Å². The van der Waals surface area contributed by atoms with Crippen LogP contribution < -0.4 is 10.3 Å². The van der Waals surface area contributed by atoms with Crippen LogP contribution in [0.1, 0.15) is 13.8 Å². The molecule has 3 rings (SSSR count). The van der Waals surface area contributed by atoms with Gasteiger partial charge in [-0.3, -0.25) is 0 Å². The number of carbonyl (C=O) groups excluding carboxylic acids is 1. The van der Waals surface area contributed by atoms with Crippen LogP contribution in [0.25, 0.3) is 0 Å². The molecule has 128 valence electrons. The molecular weight excluding hydrogens is 351 g/mol. The zero-order valence-corrected chi connectivity index (χ0v) is 15.8. The van der Waals surface area contributed by atoms with E-state index < -0.39 is 12.0 Å². The second-order valence-electron chi connectivity index (χ2n) is 5.56. The first kappa shape index (κ1) is 17.6.